The Hall–Kier alpha value is -2.88. The Balaban J connectivity index is 2.27. The summed E-state index contributed by atoms with van der Waals surface area (Å²) in [5.41, 5.74) is 1.11. The zero-order chi connectivity index (χ0) is 17.5. The minimum atomic E-state index is -0.107. The number of carbonyl (C=O) groups excluding carboxylic acids is 1. The maximum absolute atomic E-state index is 11.7. The van der Waals surface area contributed by atoms with Crippen molar-refractivity contribution in [3.8, 4) is 5.75 Å². The van der Waals surface area contributed by atoms with Crippen LogP contribution >= 0.6 is 0 Å². The van der Waals surface area contributed by atoms with E-state index >= 15 is 0 Å². The highest BCUT2D eigenvalue weighted by atomic mass is 16.5. The summed E-state index contributed by atoms with van der Waals surface area (Å²) in [6, 6.07) is 7.82. The van der Waals surface area contributed by atoms with E-state index in [1.165, 1.54) is 6.08 Å². The number of aliphatic imine (C=N–C) groups is 1. The van der Waals surface area contributed by atoms with E-state index < -0.39 is 0 Å². The van der Waals surface area contributed by atoms with Gasteiger partial charge in [0.2, 0.25) is 5.91 Å². The fourth-order valence-corrected chi connectivity index (χ4v) is 1.80. The van der Waals surface area contributed by atoms with Crippen LogP contribution in [0.4, 0.5) is 0 Å². The Morgan fingerprint density at radius 3 is 3.00 bits per heavy atom. The van der Waals surface area contributed by atoms with E-state index in [-0.39, 0.29) is 5.91 Å². The zero-order valence-electron chi connectivity index (χ0n) is 13.9. The van der Waals surface area contributed by atoms with Gasteiger partial charge in [0.25, 0.3) is 0 Å². The fraction of sp³-hybridized carbons (Fsp3) is 0.200. The molecule has 0 bridgehead atoms. The topological polar surface area (TPSA) is 50.7 Å². The van der Waals surface area contributed by atoms with E-state index in [9.17, 15) is 4.79 Å². The minimum absolute atomic E-state index is 0.107. The van der Waals surface area contributed by atoms with E-state index in [1.54, 1.807) is 36.7 Å². The van der Waals surface area contributed by atoms with E-state index in [0.717, 1.165) is 17.7 Å². The van der Waals surface area contributed by atoms with Gasteiger partial charge < -0.3 is 10.1 Å². The van der Waals surface area contributed by atoms with Crippen LogP contribution in [-0.4, -0.2) is 25.3 Å². The van der Waals surface area contributed by atoms with Crippen molar-refractivity contribution in [2.45, 2.75) is 12.8 Å². The van der Waals surface area contributed by atoms with Crippen molar-refractivity contribution in [2.24, 2.45) is 4.99 Å². The van der Waals surface area contributed by atoms with Gasteiger partial charge in [-0.15, -0.1) is 0 Å². The number of nitrogens with one attached hydrogen (secondary N) is 1. The lowest BCUT2D eigenvalue weighted by molar-refractivity contribution is -0.116. The number of ether oxygens (including phenoxy) is 1. The van der Waals surface area contributed by atoms with Crippen LogP contribution in [0.5, 0.6) is 5.75 Å². The lowest BCUT2D eigenvalue weighted by Gasteiger charge is -2.06. The number of allylic oxidation sites excluding steroid dienone is 3. The van der Waals surface area contributed by atoms with E-state index in [4.69, 9.17) is 4.74 Å². The van der Waals surface area contributed by atoms with Crippen molar-refractivity contribution in [2.75, 3.05) is 13.2 Å². The van der Waals surface area contributed by atoms with Crippen LogP contribution in [0.25, 0.3) is 0 Å². The molecule has 0 atom stereocenters. The summed E-state index contributed by atoms with van der Waals surface area (Å²) in [7, 11) is 0. The van der Waals surface area contributed by atoms with Crippen molar-refractivity contribution in [3.63, 3.8) is 0 Å². The average Bonchev–Trinajstić information content (AvgIpc) is 2.59. The zero-order valence-corrected chi connectivity index (χ0v) is 13.9. The van der Waals surface area contributed by atoms with Crippen LogP contribution in [0.1, 0.15) is 12.0 Å². The predicted molar refractivity (Wildman–Crippen MR) is 100 cm³/mol. The second kappa shape index (κ2) is 12.6. The number of hydrogen-bond donors (Lipinski definition) is 1. The van der Waals surface area contributed by atoms with Gasteiger partial charge in [-0.2, -0.15) is 0 Å². The number of hydrogen-bond acceptors (Lipinski definition) is 3. The molecule has 0 aromatic heterocycles. The summed E-state index contributed by atoms with van der Waals surface area (Å²) < 4.78 is 5.48. The molecule has 126 valence electrons. The summed E-state index contributed by atoms with van der Waals surface area (Å²) in [5.74, 6) is 0.701. The molecule has 1 aromatic rings. The van der Waals surface area contributed by atoms with Crippen LogP contribution in [0.2, 0.25) is 0 Å². The van der Waals surface area contributed by atoms with Crippen LogP contribution in [0, 0.1) is 0 Å². The normalized spacial score (nSPS) is 11.2. The molecule has 1 N–H and O–H groups in total. The van der Waals surface area contributed by atoms with Crippen molar-refractivity contribution in [3.05, 3.63) is 79.6 Å². The van der Waals surface area contributed by atoms with Crippen LogP contribution < -0.4 is 10.1 Å². The first-order valence-corrected chi connectivity index (χ1v) is 7.82. The van der Waals surface area contributed by atoms with E-state index in [2.05, 4.69) is 23.5 Å². The number of nitrogens with zero attached hydrogens (tertiary/aromatic N) is 1. The second-order valence-corrected chi connectivity index (χ2v) is 4.84. The SMILES string of the molecule is C=C/C=C\N=CC/C=C/C(=O)NCCc1cccc(OCC=C)c1. The molecule has 0 radical (unpaired) electrons. The molecule has 1 rings (SSSR count). The molecular formula is C20H24N2O2. The molecule has 0 spiro atoms. The number of rotatable bonds is 11. The van der Waals surface area contributed by atoms with Crippen molar-refractivity contribution in [1.29, 1.82) is 0 Å². The monoisotopic (exact) mass is 324 g/mol. The highest BCUT2D eigenvalue weighted by Crippen LogP contribution is 2.13. The van der Waals surface area contributed by atoms with Gasteiger partial charge >= 0.3 is 0 Å². The molecule has 0 saturated carbocycles. The maximum atomic E-state index is 11.7. The molecule has 0 aliphatic heterocycles. The molecule has 0 unspecified atom stereocenters. The van der Waals surface area contributed by atoms with E-state index in [0.29, 0.717) is 19.6 Å². The highest BCUT2D eigenvalue weighted by Gasteiger charge is 1.98. The van der Waals surface area contributed by atoms with Gasteiger partial charge in [-0.1, -0.05) is 43.5 Å². The Labute approximate surface area is 144 Å². The Kier molecular flexibility index (Phi) is 10.1. The molecular weight excluding hydrogens is 300 g/mol. The first kappa shape index (κ1) is 19.2. The lowest BCUT2D eigenvalue weighted by Crippen LogP contribution is -2.23. The number of carbonyl (C=O) groups is 1. The van der Waals surface area contributed by atoms with Gasteiger partial charge in [-0.3, -0.25) is 9.79 Å². The first-order valence-electron chi connectivity index (χ1n) is 7.82. The third kappa shape index (κ3) is 9.20. The Morgan fingerprint density at radius 2 is 2.21 bits per heavy atom. The maximum Gasteiger partial charge on any atom is 0.243 e. The Morgan fingerprint density at radius 1 is 1.33 bits per heavy atom. The van der Waals surface area contributed by atoms with Gasteiger partial charge in [0.05, 0.1) is 0 Å². The minimum Gasteiger partial charge on any atom is -0.490 e. The molecule has 1 aromatic carbocycles. The quantitative estimate of drug-likeness (QED) is 0.292. The molecule has 1 amide bonds. The Bertz CT molecular complexity index is 616. The summed E-state index contributed by atoms with van der Waals surface area (Å²) >= 11 is 0. The highest BCUT2D eigenvalue weighted by molar-refractivity contribution is 5.87. The molecule has 0 aliphatic rings. The second-order valence-electron chi connectivity index (χ2n) is 4.84. The van der Waals surface area contributed by atoms with Crippen molar-refractivity contribution >= 4 is 12.1 Å². The van der Waals surface area contributed by atoms with Gasteiger partial charge in [0.1, 0.15) is 12.4 Å². The summed E-state index contributed by atoms with van der Waals surface area (Å²) in [4.78, 5) is 15.7. The van der Waals surface area contributed by atoms with E-state index in [1.807, 2.05) is 24.3 Å². The fourth-order valence-electron chi connectivity index (χ4n) is 1.80. The third-order valence-corrected chi connectivity index (χ3v) is 2.90. The summed E-state index contributed by atoms with van der Waals surface area (Å²) in [5, 5.41) is 2.85. The first-order chi connectivity index (χ1) is 11.8. The average molecular weight is 324 g/mol. The molecule has 0 aliphatic carbocycles. The van der Waals surface area contributed by atoms with Crippen molar-refractivity contribution in [1.82, 2.24) is 5.32 Å². The molecule has 4 heteroatoms. The number of amides is 1. The predicted octanol–water partition coefficient (Wildman–Crippen LogP) is 3.63. The lowest BCUT2D eigenvalue weighted by atomic mass is 10.1. The number of benzene rings is 1. The van der Waals surface area contributed by atoms with Crippen molar-refractivity contribution < 1.29 is 9.53 Å². The van der Waals surface area contributed by atoms with Gasteiger partial charge in [0, 0.05) is 25.4 Å². The van der Waals surface area contributed by atoms with Gasteiger partial charge in [-0.05, 0) is 36.3 Å². The molecule has 24 heavy (non-hydrogen) atoms. The molecule has 0 saturated heterocycles. The summed E-state index contributed by atoms with van der Waals surface area (Å²) in [6.07, 6.45) is 13.1. The third-order valence-electron chi connectivity index (χ3n) is 2.90. The molecule has 0 fully saturated rings. The van der Waals surface area contributed by atoms with Gasteiger partial charge in [-0.25, -0.2) is 0 Å². The summed E-state index contributed by atoms with van der Waals surface area (Å²) in [6.45, 7) is 8.23. The standard InChI is InChI=1S/C20H24N2O2/c1-3-5-13-21-14-7-6-11-20(23)22-15-12-18-9-8-10-19(17-18)24-16-4-2/h3-6,8-11,13-14,17H,1-2,7,12,15-16H2,(H,22,23)/b11-6+,13-5-,21-14?. The molecule has 0 heterocycles. The van der Waals surface area contributed by atoms with Crippen LogP contribution in [0.15, 0.2) is 79.0 Å². The molecule has 4 nitrogen and oxygen atoms in total. The van der Waals surface area contributed by atoms with Crippen LogP contribution in [0.3, 0.4) is 0 Å². The van der Waals surface area contributed by atoms with Gasteiger partial charge in [0.15, 0.2) is 0 Å². The smallest absolute Gasteiger partial charge is 0.243 e. The van der Waals surface area contributed by atoms with Crippen LogP contribution in [-0.2, 0) is 11.2 Å². The largest absolute Gasteiger partial charge is 0.490 e.